The zero-order valence-corrected chi connectivity index (χ0v) is 39.7. The van der Waals surface area contributed by atoms with Crippen molar-refractivity contribution in [1.82, 2.24) is 0 Å². The summed E-state index contributed by atoms with van der Waals surface area (Å²) in [5, 5.41) is 0. The van der Waals surface area contributed by atoms with E-state index in [1.54, 1.807) is 0 Å². The molecule has 6 heteroatoms. The summed E-state index contributed by atoms with van der Waals surface area (Å²) in [4.78, 5) is 0. The standard InChI is InChI=1S/C48H84S6/c1-2-38-4-3-37(1)25-49-27-39-5-7-41(8-6-39)29-51-31-43-13-15-45(16-14-43)33-53-35-47-21-23-48(24-22-47)36-54-34-46-19-17-44(18-20-46)32-52-30-42-11-9-40(10-12-42)28-50-26-38/h37-48H,1-36H2/t37-,38+,39-,40-,41+,42+,43-,44-,45+,46+,47-,48+. The molecule has 16 saturated heterocycles. The van der Waals surface area contributed by atoms with Gasteiger partial charge in [-0.25, -0.2) is 0 Å². The van der Waals surface area contributed by atoms with Gasteiger partial charge < -0.3 is 0 Å². The summed E-state index contributed by atoms with van der Waals surface area (Å²) in [6, 6.07) is 0. The minimum atomic E-state index is 1.03. The third-order valence-corrected chi connectivity index (χ3v) is 24.5. The van der Waals surface area contributed by atoms with Gasteiger partial charge in [0.05, 0.1) is 0 Å². The zero-order chi connectivity index (χ0) is 36.6. The molecule has 0 spiro atoms. The first-order chi connectivity index (χ1) is 26.7. The quantitative estimate of drug-likeness (QED) is 0.236. The monoisotopic (exact) mass is 852 g/mol. The molecule has 0 atom stereocenters. The van der Waals surface area contributed by atoms with Crippen LogP contribution < -0.4 is 0 Å². The van der Waals surface area contributed by atoms with Crippen molar-refractivity contribution in [3.8, 4) is 0 Å². The largest absolute Gasteiger partial charge is 0.161 e. The molecule has 0 radical (unpaired) electrons. The lowest BCUT2D eigenvalue weighted by Crippen LogP contribution is -2.22. The van der Waals surface area contributed by atoms with Gasteiger partial charge in [0.15, 0.2) is 0 Å². The van der Waals surface area contributed by atoms with Gasteiger partial charge in [-0.2, -0.15) is 70.6 Å². The minimum Gasteiger partial charge on any atom is -0.161 e. The van der Waals surface area contributed by atoms with Crippen molar-refractivity contribution in [3.63, 3.8) is 0 Å². The molecule has 12 bridgehead atoms. The molecule has 0 aromatic rings. The van der Waals surface area contributed by atoms with Gasteiger partial charge >= 0.3 is 0 Å². The molecule has 0 N–H and O–H groups in total. The van der Waals surface area contributed by atoms with Crippen LogP contribution in [0.5, 0.6) is 0 Å². The molecule has 6 saturated carbocycles. The summed E-state index contributed by atoms with van der Waals surface area (Å²) in [7, 11) is 0. The van der Waals surface area contributed by atoms with E-state index in [1.807, 2.05) is 0 Å². The summed E-state index contributed by atoms with van der Waals surface area (Å²) in [5.41, 5.74) is 0. The van der Waals surface area contributed by atoms with Crippen LogP contribution in [0.1, 0.15) is 154 Å². The second-order valence-corrected chi connectivity index (χ2v) is 27.0. The maximum absolute atomic E-state index is 2.35. The SMILES string of the molecule is C1C[C@H]2CC[C@@H]1CSC[C@@H]1CC[C@@H](CC1)CSC[C@@H]1CC[C@@H](CC1)CSC[C@@H]1CC[C@@H](CC1)CSC[C@@H]1CC[C@@H](CC1)CSC[C@@H]1CC[C@@H](CC1)CSC2. The summed E-state index contributed by atoms with van der Waals surface area (Å²) in [5.74, 6) is 30.0. The molecule has 0 amide bonds. The molecule has 0 nitrogen and oxygen atoms in total. The fourth-order valence-electron chi connectivity index (χ4n) is 11.8. The Morgan fingerprint density at radius 3 is 0.278 bits per heavy atom. The Bertz CT molecular complexity index is 686. The van der Waals surface area contributed by atoms with E-state index >= 15 is 0 Å². The molecule has 22 aliphatic rings. The van der Waals surface area contributed by atoms with Crippen LogP contribution in [0, 0.1) is 71.0 Å². The van der Waals surface area contributed by atoms with Crippen molar-refractivity contribution in [3.05, 3.63) is 0 Å². The first-order valence-corrected chi connectivity index (χ1v) is 31.1. The highest BCUT2D eigenvalue weighted by Crippen LogP contribution is 2.41. The van der Waals surface area contributed by atoms with Gasteiger partial charge in [-0.3, -0.25) is 0 Å². The van der Waals surface area contributed by atoms with Crippen molar-refractivity contribution in [2.24, 2.45) is 71.0 Å². The van der Waals surface area contributed by atoms with Crippen LogP contribution in [0.2, 0.25) is 0 Å². The summed E-state index contributed by atoms with van der Waals surface area (Å²) < 4.78 is 0. The molecule has 16 heterocycles. The van der Waals surface area contributed by atoms with Crippen LogP contribution in [0.15, 0.2) is 0 Å². The lowest BCUT2D eigenvalue weighted by molar-refractivity contribution is 0.306. The second-order valence-electron chi connectivity index (χ2n) is 20.5. The third kappa shape index (κ3) is 15.9. The number of hydrogen-bond acceptors (Lipinski definition) is 6. The molecule has 22 fully saturated rings. The van der Waals surface area contributed by atoms with E-state index in [0.717, 1.165) is 71.0 Å². The normalized spacial score (nSPS) is 42.7. The van der Waals surface area contributed by atoms with E-state index in [1.165, 1.54) is 223 Å². The van der Waals surface area contributed by atoms with Gasteiger partial charge in [0, 0.05) is 0 Å². The summed E-state index contributed by atoms with van der Waals surface area (Å²) in [6.07, 6.45) is 36.8. The fourth-order valence-corrected chi connectivity index (χ4v) is 20.6. The fraction of sp³-hybridized carbons (Fsp3) is 1.00. The van der Waals surface area contributed by atoms with Gasteiger partial charge in [-0.15, -0.1) is 0 Å². The maximum Gasteiger partial charge on any atom is -0.00390 e. The molecule has 16 aliphatic heterocycles. The van der Waals surface area contributed by atoms with E-state index in [9.17, 15) is 0 Å². The number of thioether (sulfide) groups is 6. The van der Waals surface area contributed by atoms with Crippen molar-refractivity contribution in [1.29, 1.82) is 0 Å². The maximum atomic E-state index is 2.35. The first kappa shape index (κ1) is 44.2. The Balaban J connectivity index is 0.791. The Labute approximate surface area is 362 Å². The highest BCUT2D eigenvalue weighted by Gasteiger charge is 2.29. The Morgan fingerprint density at radius 2 is 0.204 bits per heavy atom. The number of hydrogen-bond donors (Lipinski definition) is 0. The van der Waals surface area contributed by atoms with Gasteiger partial charge in [-0.1, -0.05) is 0 Å². The van der Waals surface area contributed by atoms with Crippen LogP contribution in [-0.4, -0.2) is 69.0 Å². The first-order valence-electron chi connectivity index (χ1n) is 24.2. The zero-order valence-electron chi connectivity index (χ0n) is 34.8. The topological polar surface area (TPSA) is 0 Å². The smallest absolute Gasteiger partial charge is 0.00390 e. The second kappa shape index (κ2) is 25.1. The van der Waals surface area contributed by atoms with Crippen molar-refractivity contribution >= 4 is 70.6 Å². The van der Waals surface area contributed by atoms with Crippen LogP contribution in [-0.2, 0) is 0 Å². The lowest BCUT2D eigenvalue weighted by Gasteiger charge is -2.32. The molecular formula is C48H84S6. The molecule has 0 aromatic carbocycles. The summed E-state index contributed by atoms with van der Waals surface area (Å²) >= 11 is 14.1. The number of rotatable bonds is 0. The van der Waals surface area contributed by atoms with Crippen LogP contribution in [0.25, 0.3) is 0 Å². The van der Waals surface area contributed by atoms with Gasteiger partial charge in [0.25, 0.3) is 0 Å². The lowest BCUT2D eigenvalue weighted by atomic mass is 9.83. The van der Waals surface area contributed by atoms with E-state index < -0.39 is 0 Å². The van der Waals surface area contributed by atoms with E-state index in [4.69, 9.17) is 0 Å². The highest BCUT2D eigenvalue weighted by atomic mass is 32.2. The van der Waals surface area contributed by atoms with E-state index in [2.05, 4.69) is 70.6 Å². The molecule has 54 heavy (non-hydrogen) atoms. The van der Waals surface area contributed by atoms with Crippen LogP contribution >= 0.6 is 70.6 Å². The highest BCUT2D eigenvalue weighted by molar-refractivity contribution is 8.00. The average Bonchev–Trinajstić information content (AvgIpc) is 3.21. The molecule has 312 valence electrons. The van der Waals surface area contributed by atoms with E-state index in [0.29, 0.717) is 0 Å². The molecule has 22 rings (SSSR count). The predicted molar refractivity (Wildman–Crippen MR) is 257 cm³/mol. The minimum absolute atomic E-state index is 1.03. The van der Waals surface area contributed by atoms with Crippen molar-refractivity contribution in [2.75, 3.05) is 69.0 Å². The van der Waals surface area contributed by atoms with Gasteiger partial charge in [0.2, 0.25) is 0 Å². The molecule has 6 aliphatic carbocycles. The summed E-state index contributed by atoms with van der Waals surface area (Å²) in [6.45, 7) is 0. The van der Waals surface area contributed by atoms with Crippen LogP contribution in [0.4, 0.5) is 0 Å². The van der Waals surface area contributed by atoms with Gasteiger partial charge in [-0.05, 0) is 294 Å². The van der Waals surface area contributed by atoms with Crippen molar-refractivity contribution < 1.29 is 0 Å². The molecular weight excluding hydrogens is 769 g/mol. The predicted octanol–water partition coefficient (Wildman–Crippen LogP) is 15.2. The van der Waals surface area contributed by atoms with Crippen molar-refractivity contribution in [2.45, 2.75) is 154 Å². The van der Waals surface area contributed by atoms with Crippen LogP contribution in [0.3, 0.4) is 0 Å². The Kier molecular flexibility index (Phi) is 20.6. The molecule has 0 aromatic heterocycles. The molecule has 0 unspecified atom stereocenters. The van der Waals surface area contributed by atoms with E-state index in [-0.39, 0.29) is 0 Å². The average molecular weight is 854 g/mol. The van der Waals surface area contributed by atoms with Gasteiger partial charge in [0.1, 0.15) is 0 Å². The Morgan fingerprint density at radius 1 is 0.130 bits per heavy atom. The third-order valence-electron chi connectivity index (χ3n) is 16.0. The Hall–Kier alpha value is 2.10.